The molecular weight excluding hydrogens is 314 g/mol. The second-order valence-electron chi connectivity index (χ2n) is 5.03. The third-order valence-corrected chi connectivity index (χ3v) is 4.17. The molecule has 0 saturated heterocycles. The quantitative estimate of drug-likeness (QED) is 0.687. The van der Waals surface area contributed by atoms with E-state index in [1.807, 2.05) is 38.1 Å². The van der Waals surface area contributed by atoms with E-state index < -0.39 is 0 Å². The summed E-state index contributed by atoms with van der Waals surface area (Å²) in [5.41, 5.74) is 1.03. The van der Waals surface area contributed by atoms with Crippen LogP contribution in [0, 0.1) is 20.8 Å². The Labute approximate surface area is 138 Å². The third kappa shape index (κ3) is 4.07. The predicted octanol–water partition coefficient (Wildman–Crippen LogP) is 3.61. The van der Waals surface area contributed by atoms with Gasteiger partial charge in [0.15, 0.2) is 12.4 Å². The maximum absolute atomic E-state index is 5.78. The van der Waals surface area contributed by atoms with Crippen molar-refractivity contribution in [3.8, 4) is 11.5 Å². The molecule has 0 aliphatic heterocycles. The molecule has 23 heavy (non-hydrogen) atoms. The summed E-state index contributed by atoms with van der Waals surface area (Å²) in [6, 6.07) is 7.45. The van der Waals surface area contributed by atoms with Gasteiger partial charge >= 0.3 is 0 Å². The van der Waals surface area contributed by atoms with Gasteiger partial charge in [-0.1, -0.05) is 5.16 Å². The molecule has 120 valence electrons. The van der Waals surface area contributed by atoms with Crippen LogP contribution in [0.4, 0.5) is 0 Å². The number of hydrogen-bond acceptors (Lipinski definition) is 7. The Kier molecular flexibility index (Phi) is 4.57. The number of ether oxygens (including phenoxy) is 2. The number of hydrogen-bond donors (Lipinski definition) is 0. The highest BCUT2D eigenvalue weighted by Gasteiger charge is 2.06. The second kappa shape index (κ2) is 6.78. The molecule has 0 saturated carbocycles. The van der Waals surface area contributed by atoms with Gasteiger partial charge in [0.2, 0.25) is 0 Å². The third-order valence-electron chi connectivity index (χ3n) is 3.13. The molecule has 0 aliphatic rings. The molecule has 0 radical (unpaired) electrons. The summed E-state index contributed by atoms with van der Waals surface area (Å²) < 4.78 is 16.4. The normalized spacial score (nSPS) is 10.7. The zero-order chi connectivity index (χ0) is 16.2. The molecule has 0 N–H and O–H groups in total. The molecule has 3 rings (SSSR count). The molecule has 0 amide bonds. The summed E-state index contributed by atoms with van der Waals surface area (Å²) >= 11 is 1.66. The highest BCUT2D eigenvalue weighted by Crippen LogP contribution is 2.22. The Bertz CT molecular complexity index is 780. The summed E-state index contributed by atoms with van der Waals surface area (Å²) in [4.78, 5) is 9.62. The molecule has 7 heteroatoms. The SMILES string of the molecule is Cc1noc(COc2ccc(OCc3sc(C)nc3C)cc2)n1. The summed E-state index contributed by atoms with van der Waals surface area (Å²) in [6.07, 6.45) is 0. The van der Waals surface area contributed by atoms with E-state index >= 15 is 0 Å². The van der Waals surface area contributed by atoms with Crippen molar-refractivity contribution in [2.75, 3.05) is 0 Å². The first-order valence-corrected chi connectivity index (χ1v) is 7.99. The average molecular weight is 331 g/mol. The van der Waals surface area contributed by atoms with Gasteiger partial charge < -0.3 is 14.0 Å². The summed E-state index contributed by atoms with van der Waals surface area (Å²) in [6.45, 7) is 6.54. The lowest BCUT2D eigenvalue weighted by Gasteiger charge is -2.07. The van der Waals surface area contributed by atoms with Crippen LogP contribution >= 0.6 is 11.3 Å². The first-order chi connectivity index (χ1) is 11.1. The number of thiazole rings is 1. The van der Waals surface area contributed by atoms with Gasteiger partial charge in [0, 0.05) is 0 Å². The molecule has 3 aromatic rings. The fraction of sp³-hybridized carbons (Fsp3) is 0.312. The van der Waals surface area contributed by atoms with Crippen molar-refractivity contribution in [1.29, 1.82) is 0 Å². The maximum atomic E-state index is 5.78. The molecule has 2 heterocycles. The van der Waals surface area contributed by atoms with Crippen LogP contribution in [-0.2, 0) is 13.2 Å². The van der Waals surface area contributed by atoms with E-state index in [0.29, 0.717) is 18.3 Å². The monoisotopic (exact) mass is 331 g/mol. The highest BCUT2D eigenvalue weighted by molar-refractivity contribution is 7.11. The molecule has 0 unspecified atom stereocenters. The zero-order valence-corrected chi connectivity index (χ0v) is 14.0. The van der Waals surface area contributed by atoms with Crippen molar-refractivity contribution in [3.63, 3.8) is 0 Å². The van der Waals surface area contributed by atoms with Crippen LogP contribution in [0.1, 0.15) is 27.3 Å². The highest BCUT2D eigenvalue weighted by atomic mass is 32.1. The van der Waals surface area contributed by atoms with Gasteiger partial charge in [0.05, 0.1) is 15.6 Å². The van der Waals surface area contributed by atoms with Gasteiger partial charge in [-0.2, -0.15) is 4.98 Å². The standard InChI is InChI=1S/C16H17N3O3S/c1-10-15(23-12(3)17-10)8-20-13-4-6-14(7-5-13)21-9-16-18-11(2)19-22-16/h4-7H,8-9H2,1-3H3. The summed E-state index contributed by atoms with van der Waals surface area (Å²) in [5.74, 6) is 2.56. The van der Waals surface area contributed by atoms with Crippen molar-refractivity contribution in [2.45, 2.75) is 34.0 Å². The molecule has 0 atom stereocenters. The Hall–Kier alpha value is -2.41. The van der Waals surface area contributed by atoms with E-state index in [1.54, 1.807) is 18.3 Å². The second-order valence-corrected chi connectivity index (χ2v) is 6.31. The Morgan fingerprint density at radius 3 is 2.13 bits per heavy atom. The largest absolute Gasteiger partial charge is 0.488 e. The summed E-state index contributed by atoms with van der Waals surface area (Å²) in [7, 11) is 0. The van der Waals surface area contributed by atoms with E-state index in [9.17, 15) is 0 Å². The lowest BCUT2D eigenvalue weighted by Crippen LogP contribution is -1.97. The van der Waals surface area contributed by atoms with E-state index in [1.165, 1.54) is 0 Å². The molecule has 2 aromatic heterocycles. The van der Waals surface area contributed by atoms with Crippen LogP contribution in [0.2, 0.25) is 0 Å². The van der Waals surface area contributed by atoms with Crippen LogP contribution in [0.5, 0.6) is 11.5 Å². The van der Waals surface area contributed by atoms with Crippen LogP contribution in [0.25, 0.3) is 0 Å². The van der Waals surface area contributed by atoms with Crippen molar-refractivity contribution < 1.29 is 14.0 Å². The van der Waals surface area contributed by atoms with E-state index in [0.717, 1.165) is 27.1 Å². The predicted molar refractivity (Wildman–Crippen MR) is 85.7 cm³/mol. The minimum Gasteiger partial charge on any atom is -0.488 e. The van der Waals surface area contributed by atoms with Crippen molar-refractivity contribution in [2.24, 2.45) is 0 Å². The van der Waals surface area contributed by atoms with Gasteiger partial charge in [-0.25, -0.2) is 4.98 Å². The van der Waals surface area contributed by atoms with E-state index in [4.69, 9.17) is 14.0 Å². The first kappa shape index (κ1) is 15.5. The minimum atomic E-state index is 0.250. The van der Waals surface area contributed by atoms with E-state index in [-0.39, 0.29) is 6.61 Å². The molecule has 0 bridgehead atoms. The molecular formula is C16H17N3O3S. The molecule has 0 aliphatic carbocycles. The van der Waals surface area contributed by atoms with Crippen molar-refractivity contribution in [1.82, 2.24) is 15.1 Å². The van der Waals surface area contributed by atoms with Gasteiger partial charge in [0.25, 0.3) is 5.89 Å². The number of rotatable bonds is 6. The fourth-order valence-electron chi connectivity index (χ4n) is 2.03. The molecule has 6 nitrogen and oxygen atoms in total. The lowest BCUT2D eigenvalue weighted by molar-refractivity contribution is 0.242. The van der Waals surface area contributed by atoms with Gasteiger partial charge in [0.1, 0.15) is 18.1 Å². The Morgan fingerprint density at radius 2 is 1.61 bits per heavy atom. The van der Waals surface area contributed by atoms with Gasteiger partial charge in [-0.05, 0) is 45.0 Å². The van der Waals surface area contributed by atoms with Gasteiger partial charge in [-0.3, -0.25) is 0 Å². The first-order valence-electron chi connectivity index (χ1n) is 7.18. The molecule has 0 spiro atoms. The zero-order valence-electron chi connectivity index (χ0n) is 13.2. The Balaban J connectivity index is 1.53. The smallest absolute Gasteiger partial charge is 0.264 e. The Morgan fingerprint density at radius 1 is 0.957 bits per heavy atom. The van der Waals surface area contributed by atoms with Crippen molar-refractivity contribution >= 4 is 11.3 Å². The van der Waals surface area contributed by atoms with Crippen LogP contribution in [0.3, 0.4) is 0 Å². The van der Waals surface area contributed by atoms with E-state index in [2.05, 4.69) is 15.1 Å². The number of aromatic nitrogens is 3. The average Bonchev–Trinajstić information content (AvgIpc) is 3.09. The maximum Gasteiger partial charge on any atom is 0.264 e. The minimum absolute atomic E-state index is 0.250. The van der Waals surface area contributed by atoms with Crippen LogP contribution in [-0.4, -0.2) is 15.1 Å². The fourth-order valence-corrected chi connectivity index (χ4v) is 2.88. The van der Waals surface area contributed by atoms with Gasteiger partial charge in [-0.15, -0.1) is 11.3 Å². The molecule has 1 aromatic carbocycles. The van der Waals surface area contributed by atoms with Crippen LogP contribution in [0.15, 0.2) is 28.8 Å². The number of benzene rings is 1. The number of aryl methyl sites for hydroxylation is 3. The molecule has 0 fully saturated rings. The van der Waals surface area contributed by atoms with Crippen LogP contribution < -0.4 is 9.47 Å². The topological polar surface area (TPSA) is 70.3 Å². The summed E-state index contributed by atoms with van der Waals surface area (Å²) in [5, 5.41) is 4.77. The van der Waals surface area contributed by atoms with Crippen molar-refractivity contribution in [3.05, 3.63) is 51.6 Å². The number of nitrogens with zero attached hydrogens (tertiary/aromatic N) is 3. The lowest BCUT2D eigenvalue weighted by atomic mass is 10.3.